The van der Waals surface area contributed by atoms with Crippen LogP contribution < -0.4 is 4.74 Å². The Hall–Kier alpha value is -2.04. The van der Waals surface area contributed by atoms with Gasteiger partial charge in [0, 0.05) is 23.0 Å². The Morgan fingerprint density at radius 2 is 1.88 bits per heavy atom. The lowest BCUT2D eigenvalue weighted by Crippen LogP contribution is -2.24. The Morgan fingerprint density at radius 3 is 2.46 bits per heavy atom. The number of halogens is 1. The van der Waals surface area contributed by atoms with Crippen molar-refractivity contribution in [2.75, 3.05) is 7.11 Å². The lowest BCUT2D eigenvalue weighted by Gasteiger charge is -2.26. The van der Waals surface area contributed by atoms with Gasteiger partial charge in [0.25, 0.3) is 0 Å². The van der Waals surface area contributed by atoms with Crippen LogP contribution in [0.2, 0.25) is 5.02 Å². The SMILES string of the molecule is CCC(O)(CC)c1cc(C)c2nc(-c3ccc(OC)cc3Cl)c(C)n2c1. The normalized spacial score (nSPS) is 12.0. The minimum absolute atomic E-state index is 0.604. The number of fused-ring (bicyclic) bond motifs is 1. The molecule has 1 N–H and O–H groups in total. The van der Waals surface area contributed by atoms with Gasteiger partial charge in [0.15, 0.2) is 0 Å². The van der Waals surface area contributed by atoms with Gasteiger partial charge in [-0.1, -0.05) is 25.4 Å². The third-order valence-corrected chi connectivity index (χ3v) is 5.59. The predicted octanol–water partition coefficient (Wildman–Crippen LogP) is 5.29. The molecule has 0 unspecified atom stereocenters. The van der Waals surface area contributed by atoms with Crippen molar-refractivity contribution < 1.29 is 9.84 Å². The topological polar surface area (TPSA) is 46.8 Å². The Balaban J connectivity index is 2.22. The Kier molecular flexibility index (Phi) is 5.00. The molecule has 2 heterocycles. The van der Waals surface area contributed by atoms with E-state index < -0.39 is 5.60 Å². The maximum Gasteiger partial charge on any atom is 0.140 e. The molecule has 0 aliphatic carbocycles. The number of ether oxygens (including phenoxy) is 1. The minimum atomic E-state index is -0.826. The number of benzene rings is 1. The highest BCUT2D eigenvalue weighted by atomic mass is 35.5. The van der Waals surface area contributed by atoms with E-state index in [2.05, 4.69) is 4.40 Å². The first kappa shape index (κ1) is 18.7. The van der Waals surface area contributed by atoms with Crippen molar-refractivity contribution >= 4 is 17.2 Å². The summed E-state index contributed by atoms with van der Waals surface area (Å²) in [4.78, 5) is 4.83. The van der Waals surface area contributed by atoms with Crippen molar-refractivity contribution in [3.8, 4) is 17.0 Å². The van der Waals surface area contributed by atoms with Crippen molar-refractivity contribution in [1.29, 1.82) is 0 Å². The average molecular weight is 373 g/mol. The summed E-state index contributed by atoms with van der Waals surface area (Å²) in [6, 6.07) is 7.65. The van der Waals surface area contributed by atoms with Crippen LogP contribution in [0, 0.1) is 13.8 Å². The third-order valence-electron chi connectivity index (χ3n) is 5.28. The van der Waals surface area contributed by atoms with Gasteiger partial charge >= 0.3 is 0 Å². The van der Waals surface area contributed by atoms with E-state index in [0.29, 0.717) is 17.9 Å². The Labute approximate surface area is 159 Å². The highest BCUT2D eigenvalue weighted by Crippen LogP contribution is 2.35. The number of hydrogen-bond donors (Lipinski definition) is 1. The number of methoxy groups -OCH3 is 1. The van der Waals surface area contributed by atoms with E-state index in [1.807, 2.05) is 52.1 Å². The van der Waals surface area contributed by atoms with Crippen LogP contribution in [0.4, 0.5) is 0 Å². The zero-order valence-corrected chi connectivity index (χ0v) is 16.7. The van der Waals surface area contributed by atoms with Crippen LogP contribution in [0.5, 0.6) is 5.75 Å². The van der Waals surface area contributed by atoms with Crippen LogP contribution in [-0.4, -0.2) is 21.6 Å². The predicted molar refractivity (Wildman–Crippen MR) is 106 cm³/mol. The van der Waals surface area contributed by atoms with Gasteiger partial charge < -0.3 is 14.2 Å². The van der Waals surface area contributed by atoms with Gasteiger partial charge in [-0.2, -0.15) is 0 Å². The fraction of sp³-hybridized carbons (Fsp3) is 0.381. The van der Waals surface area contributed by atoms with Gasteiger partial charge in [0.2, 0.25) is 0 Å². The fourth-order valence-electron chi connectivity index (χ4n) is 3.41. The molecule has 3 aromatic rings. The quantitative estimate of drug-likeness (QED) is 0.662. The number of pyridine rings is 1. The summed E-state index contributed by atoms with van der Waals surface area (Å²) >= 11 is 6.46. The summed E-state index contributed by atoms with van der Waals surface area (Å²) in [5.74, 6) is 0.717. The van der Waals surface area contributed by atoms with Crippen LogP contribution in [0.25, 0.3) is 16.9 Å². The van der Waals surface area contributed by atoms with Gasteiger partial charge in [0.1, 0.15) is 11.4 Å². The molecule has 0 radical (unpaired) electrons. The van der Waals surface area contributed by atoms with E-state index in [4.69, 9.17) is 21.3 Å². The molecule has 0 aliphatic rings. The molecule has 4 nitrogen and oxygen atoms in total. The molecule has 26 heavy (non-hydrogen) atoms. The zero-order chi connectivity index (χ0) is 19.1. The van der Waals surface area contributed by atoms with Gasteiger partial charge in [-0.15, -0.1) is 0 Å². The van der Waals surface area contributed by atoms with Crippen molar-refractivity contribution in [3.05, 3.63) is 52.3 Å². The molecule has 0 fully saturated rings. The van der Waals surface area contributed by atoms with Gasteiger partial charge in [-0.25, -0.2) is 4.98 Å². The minimum Gasteiger partial charge on any atom is -0.497 e. The smallest absolute Gasteiger partial charge is 0.140 e. The Morgan fingerprint density at radius 1 is 1.19 bits per heavy atom. The molecule has 5 heteroatoms. The fourth-order valence-corrected chi connectivity index (χ4v) is 3.67. The third kappa shape index (κ3) is 2.97. The average Bonchev–Trinajstić information content (AvgIpc) is 2.98. The molecule has 0 amide bonds. The maximum absolute atomic E-state index is 10.9. The molecule has 3 rings (SSSR count). The van der Waals surface area contributed by atoms with E-state index in [1.54, 1.807) is 13.2 Å². The summed E-state index contributed by atoms with van der Waals surface area (Å²) in [6.07, 6.45) is 3.33. The number of imidazole rings is 1. The first-order valence-electron chi connectivity index (χ1n) is 8.90. The summed E-state index contributed by atoms with van der Waals surface area (Å²) in [5.41, 5.74) is 4.70. The van der Waals surface area contributed by atoms with Crippen LogP contribution in [0.3, 0.4) is 0 Å². The molecule has 0 atom stereocenters. The molecule has 0 saturated heterocycles. The first-order valence-corrected chi connectivity index (χ1v) is 9.28. The lowest BCUT2D eigenvalue weighted by atomic mass is 9.89. The summed E-state index contributed by atoms with van der Waals surface area (Å²) < 4.78 is 7.29. The molecular formula is C21H25ClN2O2. The van der Waals surface area contributed by atoms with Crippen molar-refractivity contribution in [1.82, 2.24) is 9.38 Å². The number of rotatable bonds is 5. The molecular weight excluding hydrogens is 348 g/mol. The van der Waals surface area contributed by atoms with Crippen LogP contribution >= 0.6 is 11.6 Å². The van der Waals surface area contributed by atoms with Crippen LogP contribution in [0.15, 0.2) is 30.5 Å². The van der Waals surface area contributed by atoms with Crippen molar-refractivity contribution in [3.63, 3.8) is 0 Å². The highest BCUT2D eigenvalue weighted by molar-refractivity contribution is 6.33. The summed E-state index contributed by atoms with van der Waals surface area (Å²) in [7, 11) is 1.62. The number of nitrogens with zero attached hydrogens (tertiary/aromatic N) is 2. The Bertz CT molecular complexity index is 958. The second-order valence-electron chi connectivity index (χ2n) is 6.74. The van der Waals surface area contributed by atoms with E-state index in [-0.39, 0.29) is 0 Å². The zero-order valence-electron chi connectivity index (χ0n) is 15.9. The first-order chi connectivity index (χ1) is 12.3. The van der Waals surface area contributed by atoms with Gasteiger partial charge in [-0.05, 0) is 56.5 Å². The second-order valence-corrected chi connectivity index (χ2v) is 7.14. The molecule has 1 aromatic carbocycles. The number of hydrogen-bond acceptors (Lipinski definition) is 3. The lowest BCUT2D eigenvalue weighted by molar-refractivity contribution is 0.0279. The summed E-state index contributed by atoms with van der Waals surface area (Å²) in [5, 5.41) is 11.5. The number of aliphatic hydroxyl groups is 1. The highest BCUT2D eigenvalue weighted by Gasteiger charge is 2.27. The standard InChI is InChI=1S/C21H25ClN2O2/c1-6-21(25,7-2)15-10-13(3)20-23-19(14(4)24(20)12-15)17-9-8-16(26-5)11-18(17)22/h8-12,25H,6-7H2,1-5H3. The molecule has 0 bridgehead atoms. The molecule has 0 aliphatic heterocycles. The van der Waals surface area contributed by atoms with Crippen LogP contribution in [0.1, 0.15) is 43.5 Å². The maximum atomic E-state index is 10.9. The second kappa shape index (κ2) is 6.93. The van der Waals surface area contributed by atoms with E-state index in [9.17, 15) is 5.11 Å². The van der Waals surface area contributed by atoms with Crippen molar-refractivity contribution in [2.24, 2.45) is 0 Å². The monoisotopic (exact) mass is 372 g/mol. The molecule has 0 spiro atoms. The largest absolute Gasteiger partial charge is 0.497 e. The number of aromatic nitrogens is 2. The summed E-state index contributed by atoms with van der Waals surface area (Å²) in [6.45, 7) is 8.06. The van der Waals surface area contributed by atoms with Gasteiger partial charge in [0.05, 0.1) is 23.4 Å². The van der Waals surface area contributed by atoms with Gasteiger partial charge in [-0.3, -0.25) is 0 Å². The van der Waals surface area contributed by atoms with Crippen LogP contribution in [-0.2, 0) is 5.60 Å². The molecule has 0 saturated carbocycles. The van der Waals surface area contributed by atoms with E-state index in [0.717, 1.165) is 39.5 Å². The molecule has 2 aromatic heterocycles. The van der Waals surface area contributed by atoms with E-state index >= 15 is 0 Å². The molecule has 138 valence electrons. The van der Waals surface area contributed by atoms with E-state index in [1.165, 1.54) is 0 Å². The van der Waals surface area contributed by atoms with Crippen molar-refractivity contribution in [2.45, 2.75) is 46.1 Å². The number of aryl methyl sites for hydroxylation is 2.